The molecule has 1 aromatic carbocycles. The Morgan fingerprint density at radius 2 is 2.17 bits per heavy atom. The second-order valence-electron chi connectivity index (χ2n) is 8.10. The van der Waals surface area contributed by atoms with E-state index in [9.17, 15) is 22.7 Å². The fourth-order valence-electron chi connectivity index (χ4n) is 3.90. The second-order valence-corrected chi connectivity index (χ2v) is 9.76. The third-order valence-electron chi connectivity index (χ3n) is 5.58. The van der Waals surface area contributed by atoms with Gasteiger partial charge in [-0.2, -0.15) is 13.5 Å². The van der Waals surface area contributed by atoms with Gasteiger partial charge >= 0.3 is 10.3 Å². The van der Waals surface area contributed by atoms with Crippen molar-refractivity contribution in [2.75, 3.05) is 11.9 Å². The number of aliphatic hydroxyl groups excluding tert-OH is 1. The molecule has 11 nitrogen and oxygen atoms in total. The van der Waals surface area contributed by atoms with E-state index in [0.717, 1.165) is 5.56 Å². The van der Waals surface area contributed by atoms with E-state index >= 15 is 0 Å². The van der Waals surface area contributed by atoms with Crippen LogP contribution < -0.4 is 10.5 Å². The fourth-order valence-corrected chi connectivity index (χ4v) is 4.48. The number of aliphatic hydroxyl groups is 1. The molecular formula is C21H22ClFN6O5S. The molecule has 1 aliphatic rings. The Labute approximate surface area is 205 Å². The molecule has 3 aromatic rings. The number of carbonyl (C=O) groups is 1. The summed E-state index contributed by atoms with van der Waals surface area (Å²) in [5, 5.41) is 22.7. The van der Waals surface area contributed by atoms with E-state index in [2.05, 4.69) is 24.6 Å². The van der Waals surface area contributed by atoms with Crippen LogP contribution >= 0.6 is 11.6 Å². The summed E-state index contributed by atoms with van der Waals surface area (Å²) in [5.41, 5.74) is 1.10. The van der Waals surface area contributed by atoms with E-state index in [4.69, 9.17) is 16.7 Å². The third kappa shape index (κ3) is 6.18. The minimum atomic E-state index is -4.23. The molecule has 0 bridgehead atoms. The van der Waals surface area contributed by atoms with Crippen molar-refractivity contribution in [3.05, 3.63) is 70.9 Å². The normalized spacial score (nSPS) is 22.3. The zero-order valence-corrected chi connectivity index (χ0v) is 19.7. The molecule has 1 aliphatic carbocycles. The number of alkyl halides is 1. The van der Waals surface area contributed by atoms with E-state index in [0.29, 0.717) is 11.6 Å². The Hall–Kier alpha value is -2.97. The Balaban J connectivity index is 1.47. The Bertz CT molecular complexity index is 1320. The molecule has 0 radical (unpaired) electrons. The number of hydrogen-bond donors (Lipinski definition) is 3. The van der Waals surface area contributed by atoms with Crippen LogP contribution in [0.1, 0.15) is 28.0 Å². The largest absolute Gasteiger partial charge is 0.390 e. The molecule has 0 unspecified atom stereocenters. The molecule has 186 valence electrons. The first-order valence-corrected chi connectivity index (χ1v) is 12.3. The Morgan fingerprint density at radius 1 is 1.37 bits per heavy atom. The van der Waals surface area contributed by atoms with Crippen molar-refractivity contribution in [3.63, 3.8) is 0 Å². The van der Waals surface area contributed by atoms with Crippen molar-refractivity contribution in [2.24, 2.45) is 11.1 Å². The van der Waals surface area contributed by atoms with Crippen LogP contribution in [0.2, 0.25) is 5.02 Å². The molecule has 2 aromatic heterocycles. The lowest BCUT2D eigenvalue weighted by Crippen LogP contribution is -2.33. The summed E-state index contributed by atoms with van der Waals surface area (Å²) < 4.78 is 42.8. The summed E-state index contributed by atoms with van der Waals surface area (Å²) in [6.07, 6.45) is 0.886. The molecule has 4 N–H and O–H groups in total. The van der Waals surface area contributed by atoms with Gasteiger partial charge in [0.05, 0.1) is 30.9 Å². The van der Waals surface area contributed by atoms with Gasteiger partial charge in [0.2, 0.25) is 5.78 Å². The lowest BCUT2D eigenvalue weighted by atomic mass is 10.1. The van der Waals surface area contributed by atoms with Gasteiger partial charge in [0.1, 0.15) is 24.0 Å². The van der Waals surface area contributed by atoms with Gasteiger partial charge in [-0.3, -0.25) is 13.7 Å². The smallest absolute Gasteiger partial charge is 0.333 e. The van der Waals surface area contributed by atoms with Crippen molar-refractivity contribution in [3.8, 4) is 0 Å². The molecule has 35 heavy (non-hydrogen) atoms. The summed E-state index contributed by atoms with van der Waals surface area (Å²) >= 11 is 6.01. The first-order valence-electron chi connectivity index (χ1n) is 10.5. The molecule has 4 rings (SSSR count). The summed E-state index contributed by atoms with van der Waals surface area (Å²) in [6.45, 7) is -0.0755. The minimum absolute atomic E-state index is 0.0176. The monoisotopic (exact) mass is 524 g/mol. The van der Waals surface area contributed by atoms with Gasteiger partial charge in [0.15, 0.2) is 0 Å². The van der Waals surface area contributed by atoms with E-state index in [1.165, 1.54) is 12.5 Å². The Kier molecular flexibility index (Phi) is 7.42. The minimum Gasteiger partial charge on any atom is -0.390 e. The molecule has 4 atom stereocenters. The molecule has 0 spiro atoms. The summed E-state index contributed by atoms with van der Waals surface area (Å²) in [4.78, 5) is 21.1. The maximum atomic E-state index is 14.7. The maximum absolute atomic E-state index is 14.7. The van der Waals surface area contributed by atoms with Gasteiger partial charge < -0.3 is 10.4 Å². The van der Waals surface area contributed by atoms with Crippen LogP contribution in [0.15, 0.2) is 49.1 Å². The van der Waals surface area contributed by atoms with Crippen LogP contribution in [-0.4, -0.2) is 64.0 Å². The summed E-state index contributed by atoms with van der Waals surface area (Å²) in [6, 6.07) is 7.83. The van der Waals surface area contributed by atoms with Gasteiger partial charge in [0.25, 0.3) is 0 Å². The van der Waals surface area contributed by atoms with Crippen LogP contribution in [0.4, 0.5) is 10.2 Å². The number of ketones is 1. The van der Waals surface area contributed by atoms with Crippen LogP contribution in [-0.2, 0) is 21.0 Å². The van der Waals surface area contributed by atoms with Crippen LogP contribution in [0, 0.1) is 5.92 Å². The topological polar surface area (TPSA) is 162 Å². The third-order valence-corrected chi connectivity index (χ3v) is 6.28. The molecular weight excluding hydrogens is 503 g/mol. The highest BCUT2D eigenvalue weighted by Gasteiger charge is 2.44. The quantitative estimate of drug-likeness (QED) is 0.350. The van der Waals surface area contributed by atoms with Gasteiger partial charge in [0, 0.05) is 23.3 Å². The number of halogens is 2. The molecule has 1 fully saturated rings. The lowest BCUT2D eigenvalue weighted by molar-refractivity contribution is 0.0501. The SMILES string of the molecule is NS(=O)(=O)OC[C@H]1C[C@@H](Nc2ncncc2C(=O)c2ccn(Cc3cccc(Cl)c3)n2)[C@@H](F)[C@@H]1O. The van der Waals surface area contributed by atoms with Crippen molar-refractivity contribution in [1.82, 2.24) is 19.7 Å². The van der Waals surface area contributed by atoms with Gasteiger partial charge in [-0.15, -0.1) is 0 Å². The van der Waals surface area contributed by atoms with Gasteiger partial charge in [-0.25, -0.2) is 19.5 Å². The number of benzene rings is 1. The Morgan fingerprint density at radius 3 is 2.91 bits per heavy atom. The average Bonchev–Trinajstić information content (AvgIpc) is 3.37. The van der Waals surface area contributed by atoms with E-state index in [1.54, 1.807) is 29.1 Å². The summed E-state index contributed by atoms with van der Waals surface area (Å²) in [5.74, 6) is -1.26. The number of nitrogens with one attached hydrogen (secondary N) is 1. The first-order chi connectivity index (χ1) is 16.6. The maximum Gasteiger partial charge on any atom is 0.333 e. The van der Waals surface area contributed by atoms with Gasteiger partial charge in [-0.1, -0.05) is 23.7 Å². The predicted octanol–water partition coefficient (Wildman–Crippen LogP) is 1.33. The summed E-state index contributed by atoms with van der Waals surface area (Å²) in [7, 11) is -4.23. The second kappa shape index (κ2) is 10.3. The van der Waals surface area contributed by atoms with Crippen LogP contribution in [0.25, 0.3) is 0 Å². The number of aromatic nitrogens is 4. The zero-order chi connectivity index (χ0) is 25.2. The molecule has 1 saturated carbocycles. The van der Waals surface area contributed by atoms with Crippen molar-refractivity contribution in [2.45, 2.75) is 31.3 Å². The highest BCUT2D eigenvalue weighted by Crippen LogP contribution is 2.32. The predicted molar refractivity (Wildman–Crippen MR) is 124 cm³/mol. The van der Waals surface area contributed by atoms with E-state index in [1.807, 2.05) is 12.1 Å². The molecule has 0 amide bonds. The lowest BCUT2D eigenvalue weighted by Gasteiger charge is -2.18. The zero-order valence-electron chi connectivity index (χ0n) is 18.2. The van der Waals surface area contributed by atoms with E-state index < -0.39 is 46.9 Å². The number of hydrogen-bond acceptors (Lipinski definition) is 9. The average molecular weight is 525 g/mol. The molecule has 0 saturated heterocycles. The van der Waals surface area contributed by atoms with Gasteiger partial charge in [-0.05, 0) is 30.2 Å². The number of carbonyl (C=O) groups excluding carboxylic acids is 1. The van der Waals surface area contributed by atoms with Crippen LogP contribution in [0.5, 0.6) is 0 Å². The number of nitrogens with two attached hydrogens (primary N) is 1. The molecule has 0 aliphatic heterocycles. The highest BCUT2D eigenvalue weighted by atomic mass is 35.5. The van der Waals surface area contributed by atoms with Crippen LogP contribution in [0.3, 0.4) is 0 Å². The number of nitrogens with zero attached hydrogens (tertiary/aromatic N) is 4. The molecule has 2 heterocycles. The number of rotatable bonds is 9. The highest BCUT2D eigenvalue weighted by molar-refractivity contribution is 7.84. The van der Waals surface area contributed by atoms with Crippen molar-refractivity contribution >= 4 is 33.5 Å². The standard InChI is InChI=1S/C21H22ClFN6O5S/c22-14-3-1-2-12(6-14)9-29-5-4-16(28-29)20(31)15-8-25-11-26-21(15)27-17-7-13(19(30)18(17)23)10-34-35(24,32)33/h1-6,8,11,13,17-19,30H,7,9-10H2,(H2,24,32,33)(H,25,26,27)/t13-,17-,18-,19-/m1/s1. The van der Waals surface area contributed by atoms with Crippen molar-refractivity contribution < 1.29 is 26.9 Å². The first kappa shape index (κ1) is 25.1. The molecule has 14 heteroatoms. The van der Waals surface area contributed by atoms with Crippen molar-refractivity contribution in [1.29, 1.82) is 0 Å². The van der Waals surface area contributed by atoms with E-state index in [-0.39, 0.29) is 23.5 Å². The number of anilines is 1. The fraction of sp³-hybridized carbons (Fsp3) is 0.333.